The van der Waals surface area contributed by atoms with E-state index in [0.29, 0.717) is 28.6 Å². The Morgan fingerprint density at radius 1 is 1.21 bits per heavy atom. The number of nitriles is 1. The van der Waals surface area contributed by atoms with E-state index in [2.05, 4.69) is 25.8 Å². The molecule has 0 saturated carbocycles. The lowest BCUT2D eigenvalue weighted by Crippen LogP contribution is -2.15. The van der Waals surface area contributed by atoms with E-state index < -0.39 is 5.91 Å². The molecule has 8 nitrogen and oxygen atoms in total. The third-order valence-electron chi connectivity index (χ3n) is 3.06. The molecule has 1 aromatic carbocycles. The van der Waals surface area contributed by atoms with Crippen molar-refractivity contribution in [1.82, 2.24) is 15.1 Å². The number of nitrogens with one attached hydrogen (secondary N) is 2. The van der Waals surface area contributed by atoms with Crippen LogP contribution < -0.4 is 10.6 Å². The Morgan fingerprint density at radius 3 is 2.71 bits per heavy atom. The molecule has 0 atom stereocenters. The quantitative estimate of drug-likeness (QED) is 0.758. The minimum atomic E-state index is -0.450. The summed E-state index contributed by atoms with van der Waals surface area (Å²) in [5.41, 5.74) is 0.926. The van der Waals surface area contributed by atoms with Crippen LogP contribution in [0, 0.1) is 18.3 Å². The van der Waals surface area contributed by atoms with Gasteiger partial charge in [0.2, 0.25) is 0 Å². The maximum Gasteiger partial charge on any atom is 0.275 e. The van der Waals surface area contributed by atoms with Crippen LogP contribution in [0.2, 0.25) is 0 Å². The highest BCUT2D eigenvalue weighted by molar-refractivity contribution is 6.03. The van der Waals surface area contributed by atoms with Crippen molar-refractivity contribution in [3.63, 3.8) is 0 Å². The van der Waals surface area contributed by atoms with Gasteiger partial charge in [0.25, 0.3) is 5.91 Å². The lowest BCUT2D eigenvalue weighted by atomic mass is 10.2. The SMILES string of the molecule is Cc1cc(Nc2cnc(C(=O)Nc3ccccc3C#N)cn2)no1. The van der Waals surface area contributed by atoms with Crippen LogP contribution in [0.15, 0.2) is 47.2 Å². The van der Waals surface area contributed by atoms with Gasteiger partial charge in [0.15, 0.2) is 5.82 Å². The minimum Gasteiger partial charge on any atom is -0.360 e. The van der Waals surface area contributed by atoms with Crippen LogP contribution in [0.4, 0.5) is 17.3 Å². The zero-order chi connectivity index (χ0) is 16.9. The molecule has 0 aliphatic rings. The fourth-order valence-electron chi connectivity index (χ4n) is 1.94. The summed E-state index contributed by atoms with van der Waals surface area (Å²) in [5, 5.41) is 18.4. The van der Waals surface area contributed by atoms with Crippen molar-refractivity contribution < 1.29 is 9.32 Å². The first-order valence-electron chi connectivity index (χ1n) is 6.98. The predicted molar refractivity (Wildman–Crippen MR) is 85.7 cm³/mol. The molecule has 8 heteroatoms. The maximum atomic E-state index is 12.2. The van der Waals surface area contributed by atoms with Crippen LogP contribution in [0.25, 0.3) is 0 Å². The summed E-state index contributed by atoms with van der Waals surface area (Å²) in [7, 11) is 0. The van der Waals surface area contributed by atoms with E-state index in [0.717, 1.165) is 0 Å². The molecular formula is C16H12N6O2. The number of rotatable bonds is 4. The van der Waals surface area contributed by atoms with Gasteiger partial charge >= 0.3 is 0 Å². The van der Waals surface area contributed by atoms with Crippen molar-refractivity contribution in [1.29, 1.82) is 5.26 Å². The molecule has 0 aliphatic heterocycles. The van der Waals surface area contributed by atoms with Gasteiger partial charge in [-0.1, -0.05) is 17.3 Å². The van der Waals surface area contributed by atoms with E-state index in [1.165, 1.54) is 12.4 Å². The van der Waals surface area contributed by atoms with Gasteiger partial charge in [-0.3, -0.25) is 4.79 Å². The average molecular weight is 320 g/mol. The van der Waals surface area contributed by atoms with Crippen LogP contribution >= 0.6 is 0 Å². The average Bonchev–Trinajstić information content (AvgIpc) is 3.01. The summed E-state index contributed by atoms with van der Waals surface area (Å²) in [6, 6.07) is 10.4. The molecule has 0 radical (unpaired) electrons. The number of anilines is 3. The number of hydrogen-bond donors (Lipinski definition) is 2. The Hall–Kier alpha value is -3.73. The zero-order valence-electron chi connectivity index (χ0n) is 12.6. The number of aryl methyl sites for hydroxylation is 1. The number of para-hydroxylation sites is 1. The topological polar surface area (TPSA) is 117 Å². The summed E-state index contributed by atoms with van der Waals surface area (Å²) < 4.78 is 4.94. The van der Waals surface area contributed by atoms with E-state index >= 15 is 0 Å². The highest BCUT2D eigenvalue weighted by Crippen LogP contribution is 2.16. The second kappa shape index (κ2) is 6.58. The first kappa shape index (κ1) is 15.2. The number of amides is 1. The Kier molecular flexibility index (Phi) is 4.16. The van der Waals surface area contributed by atoms with Gasteiger partial charge in [-0.25, -0.2) is 9.97 Å². The summed E-state index contributed by atoms with van der Waals surface area (Å²) >= 11 is 0. The number of hydrogen-bond acceptors (Lipinski definition) is 7. The molecule has 2 N–H and O–H groups in total. The smallest absolute Gasteiger partial charge is 0.275 e. The van der Waals surface area contributed by atoms with Crippen LogP contribution in [0.5, 0.6) is 0 Å². The first-order valence-corrected chi connectivity index (χ1v) is 6.98. The van der Waals surface area contributed by atoms with Crippen molar-refractivity contribution in [2.45, 2.75) is 6.92 Å². The molecular weight excluding hydrogens is 308 g/mol. The van der Waals surface area contributed by atoms with Gasteiger partial charge in [-0.2, -0.15) is 5.26 Å². The van der Waals surface area contributed by atoms with Gasteiger partial charge in [0.05, 0.1) is 23.6 Å². The second-order valence-electron chi connectivity index (χ2n) is 4.85. The molecule has 3 aromatic rings. The Labute approximate surface area is 137 Å². The fourth-order valence-corrected chi connectivity index (χ4v) is 1.94. The number of carbonyl (C=O) groups is 1. The molecule has 118 valence electrons. The molecule has 0 bridgehead atoms. The zero-order valence-corrected chi connectivity index (χ0v) is 12.6. The van der Waals surface area contributed by atoms with E-state index in [-0.39, 0.29) is 5.69 Å². The number of benzene rings is 1. The summed E-state index contributed by atoms with van der Waals surface area (Å²) in [5.74, 6) is 1.14. The second-order valence-corrected chi connectivity index (χ2v) is 4.85. The number of nitrogens with zero attached hydrogens (tertiary/aromatic N) is 4. The number of carbonyl (C=O) groups excluding carboxylic acids is 1. The fraction of sp³-hybridized carbons (Fsp3) is 0.0625. The Morgan fingerprint density at radius 2 is 2.04 bits per heavy atom. The highest BCUT2D eigenvalue weighted by Gasteiger charge is 2.11. The maximum absolute atomic E-state index is 12.2. The molecule has 2 aromatic heterocycles. The molecule has 24 heavy (non-hydrogen) atoms. The third kappa shape index (κ3) is 3.36. The van der Waals surface area contributed by atoms with Gasteiger partial charge in [0, 0.05) is 6.07 Å². The molecule has 0 aliphatic carbocycles. The lowest BCUT2D eigenvalue weighted by molar-refractivity contribution is 0.102. The molecule has 0 spiro atoms. The Balaban J connectivity index is 1.71. The number of aromatic nitrogens is 3. The molecule has 1 amide bonds. The van der Waals surface area contributed by atoms with Crippen molar-refractivity contribution in [3.05, 3.63) is 59.7 Å². The molecule has 0 saturated heterocycles. The Bertz CT molecular complexity index is 911. The van der Waals surface area contributed by atoms with Crippen LogP contribution in [-0.4, -0.2) is 21.0 Å². The third-order valence-corrected chi connectivity index (χ3v) is 3.06. The minimum absolute atomic E-state index is 0.129. The van der Waals surface area contributed by atoms with Gasteiger partial charge in [-0.15, -0.1) is 0 Å². The monoisotopic (exact) mass is 320 g/mol. The standard InChI is InChI=1S/C16H12N6O2/c1-10-6-14(22-24-10)21-15-9-18-13(8-19-15)16(23)20-12-5-3-2-4-11(12)7-17/h2-6,8-9H,1H3,(H,20,23)(H,19,21,22). The van der Waals surface area contributed by atoms with Crippen molar-refractivity contribution in [2.24, 2.45) is 0 Å². The summed E-state index contributed by atoms with van der Waals surface area (Å²) in [6.07, 6.45) is 2.74. The van der Waals surface area contributed by atoms with E-state index in [4.69, 9.17) is 9.78 Å². The van der Waals surface area contributed by atoms with Gasteiger partial charge in [-0.05, 0) is 19.1 Å². The van der Waals surface area contributed by atoms with Crippen LogP contribution in [0.1, 0.15) is 21.8 Å². The van der Waals surface area contributed by atoms with Crippen LogP contribution in [-0.2, 0) is 0 Å². The van der Waals surface area contributed by atoms with E-state index in [9.17, 15) is 4.79 Å². The van der Waals surface area contributed by atoms with Gasteiger partial charge in [0.1, 0.15) is 23.3 Å². The summed E-state index contributed by atoms with van der Waals surface area (Å²) in [6.45, 7) is 1.77. The van der Waals surface area contributed by atoms with E-state index in [1.54, 1.807) is 37.3 Å². The normalized spacial score (nSPS) is 10.0. The van der Waals surface area contributed by atoms with Crippen LogP contribution in [0.3, 0.4) is 0 Å². The summed E-state index contributed by atoms with van der Waals surface area (Å²) in [4.78, 5) is 20.3. The molecule has 0 unspecified atom stereocenters. The van der Waals surface area contributed by atoms with Gasteiger partial charge < -0.3 is 15.2 Å². The molecule has 0 fully saturated rings. The largest absolute Gasteiger partial charge is 0.360 e. The molecule has 2 heterocycles. The van der Waals surface area contributed by atoms with E-state index in [1.807, 2.05) is 6.07 Å². The lowest BCUT2D eigenvalue weighted by Gasteiger charge is -2.06. The van der Waals surface area contributed by atoms with Crippen molar-refractivity contribution in [2.75, 3.05) is 10.6 Å². The first-order chi connectivity index (χ1) is 11.7. The van der Waals surface area contributed by atoms with Crippen molar-refractivity contribution in [3.8, 4) is 6.07 Å². The molecule has 3 rings (SSSR count). The highest BCUT2D eigenvalue weighted by atomic mass is 16.5. The predicted octanol–water partition coefficient (Wildman–Crippen LogP) is 2.64. The van der Waals surface area contributed by atoms with Crippen molar-refractivity contribution >= 4 is 23.2 Å².